The largest absolute Gasteiger partial charge is 0.398 e. The van der Waals surface area contributed by atoms with Crippen molar-refractivity contribution in [2.45, 2.75) is 6.54 Å². The fourth-order valence-electron chi connectivity index (χ4n) is 2.13. The summed E-state index contributed by atoms with van der Waals surface area (Å²) >= 11 is 0.985. The molecule has 1 heterocycles. The molecule has 0 fully saturated rings. The molecule has 6 heteroatoms. The summed E-state index contributed by atoms with van der Waals surface area (Å²) in [4.78, 5) is 24.1. The van der Waals surface area contributed by atoms with E-state index < -0.39 is 11.4 Å². The zero-order valence-corrected chi connectivity index (χ0v) is 11.7. The Kier molecular flexibility index (Phi) is 3.31. The van der Waals surface area contributed by atoms with E-state index in [0.717, 1.165) is 15.9 Å². The Morgan fingerprint density at radius 3 is 2.71 bits per heavy atom. The van der Waals surface area contributed by atoms with Gasteiger partial charge in [0, 0.05) is 10.4 Å². The van der Waals surface area contributed by atoms with Gasteiger partial charge in [0.1, 0.15) is 5.82 Å². The van der Waals surface area contributed by atoms with Crippen LogP contribution in [0.15, 0.2) is 52.1 Å². The van der Waals surface area contributed by atoms with Crippen LogP contribution in [0.2, 0.25) is 0 Å². The van der Waals surface area contributed by atoms with Crippen LogP contribution in [0.5, 0.6) is 0 Å². The molecule has 4 nitrogen and oxygen atoms in total. The summed E-state index contributed by atoms with van der Waals surface area (Å²) in [6.07, 6.45) is 0. The van der Waals surface area contributed by atoms with Crippen molar-refractivity contribution in [3.05, 3.63) is 73.9 Å². The van der Waals surface area contributed by atoms with Gasteiger partial charge in [0.15, 0.2) is 0 Å². The smallest absolute Gasteiger partial charge is 0.310 e. The lowest BCUT2D eigenvalue weighted by Gasteiger charge is -2.08. The number of nitrogens with zero attached hydrogens (tertiary/aromatic N) is 1. The Morgan fingerprint density at radius 1 is 1.14 bits per heavy atom. The standard InChI is InChI=1S/C15H11FN2O2S/c16-10-5-6-12(17)9(7-10)8-18-14(19)11-3-1-2-4-13(11)21-15(18)20/h1-7H,8,17H2. The van der Waals surface area contributed by atoms with Crippen molar-refractivity contribution in [2.24, 2.45) is 0 Å². The first kappa shape index (κ1) is 13.5. The summed E-state index contributed by atoms with van der Waals surface area (Å²) in [6, 6.07) is 10.8. The lowest BCUT2D eigenvalue weighted by molar-refractivity contribution is 0.623. The normalized spacial score (nSPS) is 10.9. The molecule has 0 amide bonds. The molecule has 0 atom stereocenters. The summed E-state index contributed by atoms with van der Waals surface area (Å²) < 4.78 is 15.0. The first-order chi connectivity index (χ1) is 10.1. The molecule has 1 aromatic heterocycles. The summed E-state index contributed by atoms with van der Waals surface area (Å²) in [6.45, 7) is -0.0391. The molecular weight excluding hydrogens is 291 g/mol. The third kappa shape index (κ3) is 2.45. The van der Waals surface area contributed by atoms with Crippen molar-refractivity contribution in [3.63, 3.8) is 0 Å². The van der Waals surface area contributed by atoms with E-state index >= 15 is 0 Å². The van der Waals surface area contributed by atoms with Gasteiger partial charge in [0.25, 0.3) is 5.56 Å². The summed E-state index contributed by atoms with van der Waals surface area (Å²) in [7, 11) is 0. The van der Waals surface area contributed by atoms with Crippen molar-refractivity contribution >= 4 is 27.1 Å². The quantitative estimate of drug-likeness (QED) is 0.738. The number of benzene rings is 2. The highest BCUT2D eigenvalue weighted by Gasteiger charge is 2.10. The highest BCUT2D eigenvalue weighted by molar-refractivity contribution is 7.16. The molecular formula is C15H11FN2O2S. The third-order valence-corrected chi connectivity index (χ3v) is 4.18. The molecule has 0 spiro atoms. The zero-order valence-electron chi connectivity index (χ0n) is 10.9. The molecule has 2 aromatic carbocycles. The van der Waals surface area contributed by atoms with Crippen LogP contribution >= 0.6 is 11.3 Å². The molecule has 3 rings (SSSR count). The minimum atomic E-state index is -0.454. The van der Waals surface area contributed by atoms with Gasteiger partial charge in [-0.25, -0.2) is 4.39 Å². The van der Waals surface area contributed by atoms with Crippen LogP contribution in [0, 0.1) is 5.82 Å². The molecule has 21 heavy (non-hydrogen) atoms. The van der Waals surface area contributed by atoms with Crippen LogP contribution in [0.25, 0.3) is 10.1 Å². The van der Waals surface area contributed by atoms with E-state index in [1.807, 2.05) is 0 Å². The average Bonchev–Trinajstić information content (AvgIpc) is 2.47. The van der Waals surface area contributed by atoms with E-state index in [2.05, 4.69) is 0 Å². The fraction of sp³-hybridized carbons (Fsp3) is 0.0667. The Bertz CT molecular complexity index is 946. The number of aromatic nitrogens is 1. The summed E-state index contributed by atoms with van der Waals surface area (Å²) in [5.74, 6) is -0.454. The number of anilines is 1. The van der Waals surface area contributed by atoms with Gasteiger partial charge in [-0.1, -0.05) is 23.5 Å². The van der Waals surface area contributed by atoms with E-state index in [9.17, 15) is 14.0 Å². The van der Waals surface area contributed by atoms with Gasteiger partial charge in [-0.3, -0.25) is 14.2 Å². The average molecular weight is 302 g/mol. The molecule has 0 aliphatic rings. The zero-order chi connectivity index (χ0) is 15.0. The number of halogens is 1. The van der Waals surface area contributed by atoms with Crippen molar-refractivity contribution in [1.29, 1.82) is 0 Å². The van der Waals surface area contributed by atoms with Crippen LogP contribution in [0.3, 0.4) is 0 Å². The minimum absolute atomic E-state index is 0.0391. The molecule has 0 aliphatic carbocycles. The summed E-state index contributed by atoms with van der Waals surface area (Å²) in [5.41, 5.74) is 6.14. The number of rotatable bonds is 2. The van der Waals surface area contributed by atoms with E-state index in [1.165, 1.54) is 18.2 Å². The topological polar surface area (TPSA) is 65.1 Å². The maximum Gasteiger partial charge on any atom is 0.310 e. The van der Waals surface area contributed by atoms with Gasteiger partial charge >= 0.3 is 4.87 Å². The second-order valence-electron chi connectivity index (χ2n) is 4.60. The fourth-order valence-corrected chi connectivity index (χ4v) is 2.99. The molecule has 106 valence electrons. The van der Waals surface area contributed by atoms with Crippen molar-refractivity contribution in [1.82, 2.24) is 4.57 Å². The minimum Gasteiger partial charge on any atom is -0.398 e. The number of hydrogen-bond donors (Lipinski definition) is 1. The maximum atomic E-state index is 13.3. The van der Waals surface area contributed by atoms with Gasteiger partial charge in [-0.15, -0.1) is 0 Å². The summed E-state index contributed by atoms with van der Waals surface area (Å²) in [5, 5.41) is 0.470. The Labute approximate surface area is 122 Å². The molecule has 0 saturated heterocycles. The van der Waals surface area contributed by atoms with Gasteiger partial charge in [0.05, 0.1) is 11.9 Å². The lowest BCUT2D eigenvalue weighted by Crippen LogP contribution is -2.31. The first-order valence-electron chi connectivity index (χ1n) is 6.23. The third-order valence-electron chi connectivity index (χ3n) is 3.21. The second kappa shape index (κ2) is 5.14. The first-order valence-corrected chi connectivity index (χ1v) is 7.04. The second-order valence-corrected chi connectivity index (χ2v) is 5.59. The van der Waals surface area contributed by atoms with Gasteiger partial charge in [-0.2, -0.15) is 0 Å². The van der Waals surface area contributed by atoms with Crippen molar-refractivity contribution in [2.75, 3.05) is 5.73 Å². The Balaban J connectivity index is 2.19. The number of nitrogens with two attached hydrogens (primary N) is 1. The molecule has 0 saturated carbocycles. The predicted octanol–water partition coefficient (Wildman–Crippen LogP) is 2.19. The van der Waals surface area contributed by atoms with E-state index in [1.54, 1.807) is 24.3 Å². The lowest BCUT2D eigenvalue weighted by atomic mass is 10.1. The van der Waals surface area contributed by atoms with Crippen molar-refractivity contribution < 1.29 is 4.39 Å². The Hall–Kier alpha value is -2.47. The number of nitrogen functional groups attached to an aromatic ring is 1. The molecule has 3 aromatic rings. The van der Waals surface area contributed by atoms with Crippen LogP contribution in [-0.2, 0) is 6.54 Å². The van der Waals surface area contributed by atoms with Crippen molar-refractivity contribution in [3.8, 4) is 0 Å². The molecule has 0 bridgehead atoms. The van der Waals surface area contributed by atoms with Gasteiger partial charge in [-0.05, 0) is 35.9 Å². The van der Waals surface area contributed by atoms with Gasteiger partial charge < -0.3 is 5.73 Å². The Morgan fingerprint density at radius 2 is 1.90 bits per heavy atom. The van der Waals surface area contributed by atoms with E-state index in [0.29, 0.717) is 21.3 Å². The number of hydrogen-bond acceptors (Lipinski definition) is 4. The molecule has 2 N–H and O–H groups in total. The predicted molar refractivity (Wildman–Crippen MR) is 82.3 cm³/mol. The SMILES string of the molecule is Nc1ccc(F)cc1Cn1c(=O)sc2ccccc2c1=O. The molecule has 0 unspecified atom stereocenters. The van der Waals surface area contributed by atoms with Crippen LogP contribution in [-0.4, -0.2) is 4.57 Å². The number of fused-ring (bicyclic) bond motifs is 1. The van der Waals surface area contributed by atoms with Crippen LogP contribution in [0.1, 0.15) is 5.56 Å². The molecule has 0 aliphatic heterocycles. The van der Waals surface area contributed by atoms with Gasteiger partial charge in [0.2, 0.25) is 0 Å². The molecule has 0 radical (unpaired) electrons. The van der Waals surface area contributed by atoms with Crippen LogP contribution in [0.4, 0.5) is 10.1 Å². The highest BCUT2D eigenvalue weighted by Crippen LogP contribution is 2.15. The van der Waals surface area contributed by atoms with Crippen LogP contribution < -0.4 is 16.2 Å². The highest BCUT2D eigenvalue weighted by atomic mass is 32.1. The maximum absolute atomic E-state index is 13.3. The van der Waals surface area contributed by atoms with E-state index in [-0.39, 0.29) is 11.4 Å². The van der Waals surface area contributed by atoms with E-state index in [4.69, 9.17) is 5.73 Å². The monoisotopic (exact) mass is 302 g/mol.